The summed E-state index contributed by atoms with van der Waals surface area (Å²) < 4.78 is 43.7. The summed E-state index contributed by atoms with van der Waals surface area (Å²) >= 11 is 0. The van der Waals surface area contributed by atoms with Gasteiger partial charge in [-0.05, 0) is 12.1 Å². The molecule has 1 aliphatic heterocycles. The number of ether oxygens (including phenoxy) is 1. The number of carbonyl (C=O) groups is 1. The van der Waals surface area contributed by atoms with Gasteiger partial charge in [0.25, 0.3) is 0 Å². The normalized spacial score (nSPS) is 15.9. The highest BCUT2D eigenvalue weighted by Crippen LogP contribution is 2.35. The van der Waals surface area contributed by atoms with E-state index in [-0.39, 0.29) is 11.1 Å². The molecule has 0 amide bonds. The molecule has 0 radical (unpaired) electrons. The predicted octanol–water partition coefficient (Wildman–Crippen LogP) is 2.79. The highest BCUT2D eigenvalue weighted by Gasteiger charge is 2.31. The summed E-state index contributed by atoms with van der Waals surface area (Å²) in [5, 5.41) is 9.75. The minimum atomic E-state index is -4.47. The number of hydrogen-bond donors (Lipinski definition) is 1. The van der Waals surface area contributed by atoms with Crippen LogP contribution in [0.3, 0.4) is 0 Å². The summed E-state index contributed by atoms with van der Waals surface area (Å²) in [6, 6.07) is 3.16. The van der Waals surface area contributed by atoms with Crippen molar-refractivity contribution in [3.8, 4) is 0 Å². The van der Waals surface area contributed by atoms with Crippen molar-refractivity contribution in [3.63, 3.8) is 0 Å². The van der Waals surface area contributed by atoms with Crippen LogP contribution in [0.5, 0.6) is 0 Å². The Hall–Kier alpha value is -2.35. The van der Waals surface area contributed by atoms with Crippen LogP contribution >= 0.6 is 0 Å². The third kappa shape index (κ3) is 2.94. The molecule has 1 saturated heterocycles. The second-order valence-corrected chi connectivity index (χ2v) is 5.15. The molecule has 2 aromatic rings. The highest BCUT2D eigenvalue weighted by atomic mass is 19.4. The number of pyridine rings is 1. The van der Waals surface area contributed by atoms with E-state index in [9.17, 15) is 23.1 Å². The van der Waals surface area contributed by atoms with Crippen LogP contribution in [0.25, 0.3) is 10.9 Å². The first-order valence-electron chi connectivity index (χ1n) is 6.94. The monoisotopic (exact) mass is 326 g/mol. The fourth-order valence-electron chi connectivity index (χ4n) is 2.64. The number of aromatic carboxylic acids is 1. The van der Waals surface area contributed by atoms with E-state index in [4.69, 9.17) is 4.74 Å². The molecular formula is C15H13F3N2O3. The van der Waals surface area contributed by atoms with E-state index in [2.05, 4.69) is 4.98 Å². The third-order valence-electron chi connectivity index (χ3n) is 3.73. The molecule has 1 N–H and O–H groups in total. The largest absolute Gasteiger partial charge is 0.478 e. The van der Waals surface area contributed by atoms with Gasteiger partial charge in [-0.2, -0.15) is 13.2 Å². The summed E-state index contributed by atoms with van der Waals surface area (Å²) in [5.41, 5.74) is -0.335. The van der Waals surface area contributed by atoms with Crippen molar-refractivity contribution in [1.29, 1.82) is 0 Å². The summed E-state index contributed by atoms with van der Waals surface area (Å²) in [4.78, 5) is 17.2. The number of hydrogen-bond acceptors (Lipinski definition) is 4. The Kier molecular flexibility index (Phi) is 3.85. The number of anilines is 1. The van der Waals surface area contributed by atoms with Crippen LogP contribution in [-0.2, 0) is 10.9 Å². The summed E-state index contributed by atoms with van der Waals surface area (Å²) in [6.45, 7) is 1.81. The van der Waals surface area contributed by atoms with Gasteiger partial charge in [0.15, 0.2) is 0 Å². The molecule has 0 bridgehead atoms. The van der Waals surface area contributed by atoms with Crippen LogP contribution in [0.4, 0.5) is 18.9 Å². The zero-order valence-corrected chi connectivity index (χ0v) is 11.9. The SMILES string of the molecule is O=C(O)c1cnc2cc(C(F)(F)F)ccc2c1N1CCOCC1. The minimum absolute atomic E-state index is 0.0286. The average Bonchev–Trinajstić information content (AvgIpc) is 2.53. The second kappa shape index (κ2) is 5.69. The lowest BCUT2D eigenvalue weighted by Gasteiger charge is -2.30. The maximum absolute atomic E-state index is 12.8. The number of fused-ring (bicyclic) bond motifs is 1. The van der Waals surface area contributed by atoms with Gasteiger partial charge in [0, 0.05) is 24.7 Å². The Balaban J connectivity index is 2.20. The van der Waals surface area contributed by atoms with Crippen LogP contribution in [0.1, 0.15) is 15.9 Å². The van der Waals surface area contributed by atoms with Crippen molar-refractivity contribution in [1.82, 2.24) is 4.98 Å². The standard InChI is InChI=1S/C15H13F3N2O3/c16-15(17,18)9-1-2-10-12(7-9)19-8-11(14(21)22)13(10)20-3-5-23-6-4-20/h1-2,7-8H,3-6H2,(H,21,22). The smallest absolute Gasteiger partial charge is 0.416 e. The zero-order chi connectivity index (χ0) is 16.6. The molecular weight excluding hydrogens is 313 g/mol. The van der Waals surface area contributed by atoms with Crippen molar-refractivity contribution in [3.05, 3.63) is 35.5 Å². The Labute approximate surface area is 129 Å². The zero-order valence-electron chi connectivity index (χ0n) is 11.9. The quantitative estimate of drug-likeness (QED) is 0.919. The number of rotatable bonds is 2. The molecule has 0 aliphatic carbocycles. The van der Waals surface area contributed by atoms with Crippen LogP contribution in [0.15, 0.2) is 24.4 Å². The topological polar surface area (TPSA) is 62.7 Å². The molecule has 1 aliphatic rings. The molecule has 3 rings (SSSR count). The highest BCUT2D eigenvalue weighted by molar-refractivity contribution is 6.04. The number of alkyl halides is 3. The van der Waals surface area contributed by atoms with Gasteiger partial charge in [0.2, 0.25) is 0 Å². The summed E-state index contributed by atoms with van der Waals surface area (Å²) in [5.74, 6) is -1.17. The van der Waals surface area contributed by atoms with E-state index in [1.54, 1.807) is 0 Å². The van der Waals surface area contributed by atoms with Crippen LogP contribution < -0.4 is 4.90 Å². The van der Waals surface area contributed by atoms with E-state index in [0.29, 0.717) is 37.4 Å². The third-order valence-corrected chi connectivity index (χ3v) is 3.73. The van der Waals surface area contributed by atoms with Gasteiger partial charge in [0.1, 0.15) is 5.56 Å². The van der Waals surface area contributed by atoms with E-state index in [1.807, 2.05) is 4.90 Å². The number of morpholine rings is 1. The summed E-state index contributed by atoms with van der Waals surface area (Å²) in [6.07, 6.45) is -3.36. The molecule has 5 nitrogen and oxygen atoms in total. The van der Waals surface area contributed by atoms with Crippen molar-refractivity contribution in [2.75, 3.05) is 31.2 Å². The molecule has 1 fully saturated rings. The molecule has 1 aromatic carbocycles. The number of aromatic nitrogens is 1. The van der Waals surface area contributed by atoms with Gasteiger partial charge in [-0.15, -0.1) is 0 Å². The van der Waals surface area contributed by atoms with Crippen LogP contribution in [-0.4, -0.2) is 42.4 Å². The second-order valence-electron chi connectivity index (χ2n) is 5.15. The molecule has 8 heteroatoms. The first-order valence-corrected chi connectivity index (χ1v) is 6.94. The first kappa shape index (κ1) is 15.5. The predicted molar refractivity (Wildman–Crippen MR) is 76.7 cm³/mol. The van der Waals surface area contributed by atoms with Crippen molar-refractivity contribution in [2.24, 2.45) is 0 Å². The van der Waals surface area contributed by atoms with Crippen molar-refractivity contribution >= 4 is 22.6 Å². The number of carboxylic acid groups (broad SMARTS) is 1. The van der Waals surface area contributed by atoms with E-state index < -0.39 is 17.7 Å². The Morgan fingerprint density at radius 3 is 2.57 bits per heavy atom. The first-order chi connectivity index (χ1) is 10.9. The van der Waals surface area contributed by atoms with Gasteiger partial charge in [-0.25, -0.2) is 4.79 Å². The minimum Gasteiger partial charge on any atom is -0.478 e. The lowest BCUT2D eigenvalue weighted by Crippen LogP contribution is -2.37. The fraction of sp³-hybridized carbons (Fsp3) is 0.333. The van der Waals surface area contributed by atoms with Gasteiger partial charge >= 0.3 is 12.1 Å². The fourth-order valence-corrected chi connectivity index (χ4v) is 2.64. The van der Waals surface area contributed by atoms with Crippen LogP contribution in [0.2, 0.25) is 0 Å². The molecule has 1 aromatic heterocycles. The van der Waals surface area contributed by atoms with Crippen molar-refractivity contribution in [2.45, 2.75) is 6.18 Å². The van der Waals surface area contributed by atoms with E-state index >= 15 is 0 Å². The number of nitrogens with zero attached hydrogens (tertiary/aromatic N) is 2. The summed E-state index contributed by atoms with van der Waals surface area (Å²) in [7, 11) is 0. The van der Waals surface area contributed by atoms with E-state index in [1.165, 1.54) is 6.07 Å². The number of carboxylic acids is 1. The Morgan fingerprint density at radius 1 is 1.26 bits per heavy atom. The Morgan fingerprint density at radius 2 is 1.96 bits per heavy atom. The molecule has 0 unspecified atom stereocenters. The molecule has 0 spiro atoms. The lowest BCUT2D eigenvalue weighted by molar-refractivity contribution is -0.137. The van der Waals surface area contributed by atoms with Gasteiger partial charge in [0.05, 0.1) is 30.0 Å². The maximum atomic E-state index is 12.8. The maximum Gasteiger partial charge on any atom is 0.416 e. The number of halogens is 3. The van der Waals surface area contributed by atoms with Crippen molar-refractivity contribution < 1.29 is 27.8 Å². The Bertz CT molecular complexity index is 755. The lowest BCUT2D eigenvalue weighted by atomic mass is 10.0. The molecule has 122 valence electrons. The van der Waals surface area contributed by atoms with Gasteiger partial charge in [-0.1, -0.05) is 6.07 Å². The number of benzene rings is 1. The van der Waals surface area contributed by atoms with Gasteiger partial charge in [-0.3, -0.25) is 4.98 Å². The van der Waals surface area contributed by atoms with Crippen LogP contribution in [0, 0.1) is 0 Å². The molecule has 23 heavy (non-hydrogen) atoms. The molecule has 0 saturated carbocycles. The molecule has 0 atom stereocenters. The molecule has 2 heterocycles. The van der Waals surface area contributed by atoms with E-state index in [0.717, 1.165) is 18.3 Å². The average molecular weight is 326 g/mol. The van der Waals surface area contributed by atoms with Gasteiger partial charge < -0.3 is 14.7 Å².